The van der Waals surface area contributed by atoms with Crippen LogP contribution in [0.1, 0.15) is 31.4 Å². The number of ether oxygens (including phenoxy) is 4. The highest BCUT2D eigenvalue weighted by Crippen LogP contribution is 2.27. The van der Waals surface area contributed by atoms with Crippen molar-refractivity contribution < 1.29 is 18.9 Å². The van der Waals surface area contributed by atoms with Gasteiger partial charge in [-0.05, 0) is 44.5 Å². The van der Waals surface area contributed by atoms with E-state index in [0.717, 1.165) is 48.3 Å². The van der Waals surface area contributed by atoms with E-state index in [0.29, 0.717) is 19.7 Å². The number of benzene rings is 2. The topological polar surface area (TPSA) is 73.3 Å². The smallest absolute Gasteiger partial charge is 0.191 e. The third-order valence-electron chi connectivity index (χ3n) is 5.11. The minimum atomic E-state index is -0.0733. The summed E-state index contributed by atoms with van der Waals surface area (Å²) in [6.07, 6.45) is 0.958. The summed E-state index contributed by atoms with van der Waals surface area (Å²) in [5, 5.41) is 6.66. The zero-order valence-electron chi connectivity index (χ0n) is 19.9. The van der Waals surface area contributed by atoms with Gasteiger partial charge in [0.1, 0.15) is 18.0 Å². The highest BCUT2D eigenvalue weighted by molar-refractivity contribution is 14.0. The van der Waals surface area contributed by atoms with Crippen LogP contribution >= 0.6 is 24.0 Å². The second kappa shape index (κ2) is 14.1. The molecule has 1 aliphatic rings. The van der Waals surface area contributed by atoms with Gasteiger partial charge in [0.15, 0.2) is 17.5 Å². The van der Waals surface area contributed by atoms with Gasteiger partial charge < -0.3 is 29.6 Å². The molecule has 2 N–H and O–H groups in total. The molecule has 182 valence electrons. The molecule has 2 aromatic rings. The molecule has 1 aliphatic heterocycles. The number of aryl methyl sites for hydroxylation is 1. The van der Waals surface area contributed by atoms with E-state index in [2.05, 4.69) is 35.8 Å². The van der Waals surface area contributed by atoms with E-state index in [1.807, 2.05) is 38.1 Å². The monoisotopic (exact) mass is 569 g/mol. The largest absolute Gasteiger partial charge is 0.493 e. The molecule has 0 aliphatic carbocycles. The second-order valence-electron chi connectivity index (χ2n) is 7.87. The fourth-order valence-electron chi connectivity index (χ4n) is 3.41. The van der Waals surface area contributed by atoms with E-state index in [1.54, 1.807) is 7.11 Å². The minimum Gasteiger partial charge on any atom is -0.493 e. The van der Waals surface area contributed by atoms with Gasteiger partial charge in [0, 0.05) is 18.5 Å². The predicted octanol–water partition coefficient (Wildman–Crippen LogP) is 4.31. The van der Waals surface area contributed by atoms with Crippen LogP contribution in [0, 0.1) is 6.92 Å². The van der Waals surface area contributed by atoms with Gasteiger partial charge in [0.25, 0.3) is 0 Å². The molecule has 2 unspecified atom stereocenters. The molecule has 33 heavy (non-hydrogen) atoms. The van der Waals surface area contributed by atoms with Gasteiger partial charge in [-0.2, -0.15) is 0 Å². The van der Waals surface area contributed by atoms with Crippen molar-refractivity contribution in [3.63, 3.8) is 0 Å². The van der Waals surface area contributed by atoms with Gasteiger partial charge in [0.05, 0.1) is 33.4 Å². The summed E-state index contributed by atoms with van der Waals surface area (Å²) in [7, 11) is 1.64. The van der Waals surface area contributed by atoms with Gasteiger partial charge in [-0.15, -0.1) is 24.0 Å². The van der Waals surface area contributed by atoms with E-state index >= 15 is 0 Å². The summed E-state index contributed by atoms with van der Waals surface area (Å²) >= 11 is 0. The van der Waals surface area contributed by atoms with Crippen LogP contribution in [0.4, 0.5) is 0 Å². The summed E-state index contributed by atoms with van der Waals surface area (Å²) in [4.78, 5) is 4.76. The first kappa shape index (κ1) is 27.0. The first-order chi connectivity index (χ1) is 15.6. The maximum atomic E-state index is 6.20. The molecule has 0 aromatic heterocycles. The zero-order valence-corrected chi connectivity index (χ0v) is 22.3. The van der Waals surface area contributed by atoms with Crippen LogP contribution in [-0.2, 0) is 11.3 Å². The van der Waals surface area contributed by atoms with Gasteiger partial charge in [-0.3, -0.25) is 0 Å². The molecule has 0 saturated carbocycles. The molecule has 0 spiro atoms. The van der Waals surface area contributed by atoms with E-state index in [-0.39, 0.29) is 36.2 Å². The van der Waals surface area contributed by atoms with Crippen molar-refractivity contribution in [3.05, 3.63) is 53.6 Å². The van der Waals surface area contributed by atoms with Crippen LogP contribution < -0.4 is 24.8 Å². The lowest BCUT2D eigenvalue weighted by molar-refractivity contribution is 0.140. The Morgan fingerprint density at radius 1 is 1.15 bits per heavy atom. The quantitative estimate of drug-likeness (QED) is 0.253. The lowest BCUT2D eigenvalue weighted by Gasteiger charge is -2.19. The number of rotatable bonds is 10. The Hall–Kier alpha value is -2.20. The van der Waals surface area contributed by atoms with Crippen LogP contribution in [0.25, 0.3) is 0 Å². The summed E-state index contributed by atoms with van der Waals surface area (Å²) in [6.45, 7) is 9.41. The molecule has 8 heteroatoms. The van der Waals surface area contributed by atoms with Crippen LogP contribution in [0.3, 0.4) is 0 Å². The third-order valence-corrected chi connectivity index (χ3v) is 5.11. The molecule has 0 amide bonds. The molecule has 0 bridgehead atoms. The maximum absolute atomic E-state index is 6.20. The molecule has 2 atom stereocenters. The molecule has 1 heterocycles. The number of para-hydroxylation sites is 2. The van der Waals surface area contributed by atoms with Gasteiger partial charge in [-0.25, -0.2) is 4.99 Å². The molecule has 1 saturated heterocycles. The number of guanidine groups is 1. The van der Waals surface area contributed by atoms with Crippen molar-refractivity contribution in [3.8, 4) is 17.2 Å². The Bertz CT molecular complexity index is 888. The number of aliphatic imine (C=N–C) groups is 1. The maximum Gasteiger partial charge on any atom is 0.191 e. The third kappa shape index (κ3) is 8.58. The standard InChI is InChI=1S/C25H35N3O4.HI/c1-5-26-25(27-15-19(3)31-23-9-7-6-8-22(23)29-4)28-16-20-11-10-18(2)14-24(20)32-21-12-13-30-17-21;/h6-11,14,19,21H,5,12-13,15-17H2,1-4H3,(H2,26,27,28);1H. The molecule has 7 nitrogen and oxygen atoms in total. The van der Waals surface area contributed by atoms with Crippen molar-refractivity contribution in [1.29, 1.82) is 0 Å². The fourth-order valence-corrected chi connectivity index (χ4v) is 3.41. The van der Waals surface area contributed by atoms with Crippen LogP contribution in [0.5, 0.6) is 17.2 Å². The van der Waals surface area contributed by atoms with Gasteiger partial charge in [0.2, 0.25) is 0 Å². The zero-order chi connectivity index (χ0) is 22.8. The normalized spacial score (nSPS) is 16.5. The molecular weight excluding hydrogens is 533 g/mol. The SMILES string of the molecule is CCNC(=NCc1ccc(C)cc1OC1CCOC1)NCC(C)Oc1ccccc1OC.I. The second-order valence-corrected chi connectivity index (χ2v) is 7.87. The number of halogens is 1. The Morgan fingerprint density at radius 3 is 2.64 bits per heavy atom. The van der Waals surface area contributed by atoms with E-state index in [1.165, 1.54) is 5.56 Å². The summed E-state index contributed by atoms with van der Waals surface area (Å²) < 4.78 is 23.0. The summed E-state index contributed by atoms with van der Waals surface area (Å²) in [5.74, 6) is 3.06. The van der Waals surface area contributed by atoms with Gasteiger partial charge >= 0.3 is 0 Å². The highest BCUT2D eigenvalue weighted by Gasteiger charge is 2.19. The molecule has 0 radical (unpaired) electrons. The van der Waals surface area contributed by atoms with Crippen molar-refractivity contribution >= 4 is 29.9 Å². The van der Waals surface area contributed by atoms with Crippen LogP contribution in [-0.4, -0.2) is 51.6 Å². The molecule has 2 aromatic carbocycles. The lowest BCUT2D eigenvalue weighted by Crippen LogP contribution is -2.41. The number of methoxy groups -OCH3 is 1. The summed E-state index contributed by atoms with van der Waals surface area (Å²) in [6, 6.07) is 13.9. The summed E-state index contributed by atoms with van der Waals surface area (Å²) in [5.41, 5.74) is 2.22. The molecular formula is C25H36IN3O4. The minimum absolute atomic E-state index is 0. The van der Waals surface area contributed by atoms with Crippen LogP contribution in [0.15, 0.2) is 47.5 Å². The fraction of sp³-hybridized carbons (Fsp3) is 0.480. The molecule has 3 rings (SSSR count). The van der Waals surface area contributed by atoms with Gasteiger partial charge in [-0.1, -0.05) is 24.3 Å². The van der Waals surface area contributed by atoms with Crippen LogP contribution in [0.2, 0.25) is 0 Å². The van der Waals surface area contributed by atoms with E-state index in [9.17, 15) is 0 Å². The Morgan fingerprint density at radius 2 is 1.94 bits per heavy atom. The molecule has 1 fully saturated rings. The first-order valence-corrected chi connectivity index (χ1v) is 11.2. The lowest BCUT2D eigenvalue weighted by atomic mass is 10.1. The van der Waals surface area contributed by atoms with E-state index < -0.39 is 0 Å². The Labute approximate surface area is 214 Å². The number of nitrogens with zero attached hydrogens (tertiary/aromatic N) is 1. The number of nitrogens with one attached hydrogen (secondary N) is 2. The average Bonchev–Trinajstić information content (AvgIpc) is 3.30. The average molecular weight is 569 g/mol. The van der Waals surface area contributed by atoms with E-state index in [4.69, 9.17) is 23.9 Å². The number of hydrogen-bond acceptors (Lipinski definition) is 5. The number of hydrogen-bond donors (Lipinski definition) is 2. The highest BCUT2D eigenvalue weighted by atomic mass is 127. The Kier molecular flexibility index (Phi) is 11.6. The van der Waals surface area contributed by atoms with Crippen molar-refractivity contribution in [1.82, 2.24) is 10.6 Å². The first-order valence-electron chi connectivity index (χ1n) is 11.2. The van der Waals surface area contributed by atoms with Crippen molar-refractivity contribution in [2.75, 3.05) is 33.4 Å². The predicted molar refractivity (Wildman–Crippen MR) is 142 cm³/mol. The van der Waals surface area contributed by atoms with Crippen molar-refractivity contribution in [2.45, 2.75) is 45.9 Å². The Balaban J connectivity index is 0.00000385. The van der Waals surface area contributed by atoms with Crippen molar-refractivity contribution in [2.24, 2.45) is 4.99 Å².